The van der Waals surface area contributed by atoms with Crippen LogP contribution in [0, 0.1) is 5.82 Å². The lowest BCUT2D eigenvalue weighted by Crippen LogP contribution is -2.25. The fourth-order valence-electron chi connectivity index (χ4n) is 1.85. The number of rotatable bonds is 1. The SMILES string of the molecule is Fc1ccc(NC2=NCc3ccccc3N2)cc1.I. The van der Waals surface area contributed by atoms with Crippen LogP contribution in [0.4, 0.5) is 15.8 Å². The zero-order valence-corrected chi connectivity index (χ0v) is 12.4. The average Bonchev–Trinajstić information content (AvgIpc) is 2.41. The summed E-state index contributed by atoms with van der Waals surface area (Å²) in [4.78, 5) is 4.39. The molecule has 0 unspecified atom stereocenters. The molecule has 5 heteroatoms. The summed E-state index contributed by atoms with van der Waals surface area (Å²) in [7, 11) is 0. The van der Waals surface area contributed by atoms with Crippen molar-refractivity contribution in [3.8, 4) is 0 Å². The monoisotopic (exact) mass is 369 g/mol. The number of aliphatic imine (C=N–C) groups is 1. The van der Waals surface area contributed by atoms with E-state index in [0.29, 0.717) is 12.5 Å². The van der Waals surface area contributed by atoms with Gasteiger partial charge in [-0.3, -0.25) is 0 Å². The maximum Gasteiger partial charge on any atom is 0.200 e. The summed E-state index contributed by atoms with van der Waals surface area (Å²) in [6.45, 7) is 0.646. The summed E-state index contributed by atoms with van der Waals surface area (Å²) in [5.74, 6) is 0.435. The van der Waals surface area contributed by atoms with Gasteiger partial charge in [0, 0.05) is 11.4 Å². The Bertz CT molecular complexity index is 596. The van der Waals surface area contributed by atoms with Gasteiger partial charge in [-0.05, 0) is 35.9 Å². The molecule has 0 aliphatic carbocycles. The van der Waals surface area contributed by atoms with E-state index in [-0.39, 0.29) is 29.8 Å². The second-order valence-electron chi connectivity index (χ2n) is 4.08. The first-order valence-corrected chi connectivity index (χ1v) is 5.73. The molecule has 1 aliphatic rings. The molecule has 1 heterocycles. The highest BCUT2D eigenvalue weighted by atomic mass is 127. The summed E-state index contributed by atoms with van der Waals surface area (Å²) in [6.07, 6.45) is 0. The molecular formula is C14H13FIN3. The smallest absolute Gasteiger partial charge is 0.200 e. The number of fused-ring (bicyclic) bond motifs is 1. The molecule has 0 saturated heterocycles. The standard InChI is InChI=1S/C14H12FN3.HI/c15-11-5-7-12(8-6-11)17-14-16-9-10-3-1-2-4-13(10)18-14;/h1-8H,9H2,(H2,16,17,18);1H. The Labute approximate surface area is 128 Å². The fourth-order valence-corrected chi connectivity index (χ4v) is 1.85. The van der Waals surface area contributed by atoms with Crippen LogP contribution < -0.4 is 10.6 Å². The Morgan fingerprint density at radius 2 is 1.79 bits per heavy atom. The van der Waals surface area contributed by atoms with E-state index < -0.39 is 0 Å². The Kier molecular flexibility index (Phi) is 4.36. The van der Waals surface area contributed by atoms with Crippen LogP contribution >= 0.6 is 24.0 Å². The quantitative estimate of drug-likeness (QED) is 0.750. The summed E-state index contributed by atoms with van der Waals surface area (Å²) in [5.41, 5.74) is 3.03. The second kappa shape index (κ2) is 6.01. The number of hydrogen-bond donors (Lipinski definition) is 2. The third-order valence-electron chi connectivity index (χ3n) is 2.78. The van der Waals surface area contributed by atoms with E-state index in [9.17, 15) is 4.39 Å². The van der Waals surface area contributed by atoms with Crippen molar-refractivity contribution in [1.82, 2.24) is 0 Å². The number of benzene rings is 2. The van der Waals surface area contributed by atoms with Crippen molar-refractivity contribution in [3.63, 3.8) is 0 Å². The van der Waals surface area contributed by atoms with Gasteiger partial charge in [-0.2, -0.15) is 0 Å². The van der Waals surface area contributed by atoms with Gasteiger partial charge in [-0.15, -0.1) is 24.0 Å². The maximum absolute atomic E-state index is 12.8. The van der Waals surface area contributed by atoms with Crippen LogP contribution in [0.2, 0.25) is 0 Å². The number of nitrogens with zero attached hydrogens (tertiary/aromatic N) is 1. The van der Waals surface area contributed by atoms with Crippen molar-refractivity contribution < 1.29 is 4.39 Å². The second-order valence-corrected chi connectivity index (χ2v) is 4.08. The van der Waals surface area contributed by atoms with E-state index in [1.807, 2.05) is 24.3 Å². The summed E-state index contributed by atoms with van der Waals surface area (Å²) >= 11 is 0. The van der Waals surface area contributed by atoms with Crippen molar-refractivity contribution in [1.29, 1.82) is 0 Å². The molecule has 98 valence electrons. The van der Waals surface area contributed by atoms with Gasteiger partial charge in [0.15, 0.2) is 0 Å². The molecule has 0 spiro atoms. The molecule has 3 rings (SSSR count). The van der Waals surface area contributed by atoms with Crippen molar-refractivity contribution in [3.05, 3.63) is 59.9 Å². The van der Waals surface area contributed by atoms with Crippen LogP contribution in [0.15, 0.2) is 53.5 Å². The van der Waals surface area contributed by atoms with Crippen LogP contribution in [0.1, 0.15) is 5.56 Å². The summed E-state index contributed by atoms with van der Waals surface area (Å²) in [6, 6.07) is 14.2. The van der Waals surface area contributed by atoms with E-state index in [2.05, 4.69) is 15.6 Å². The van der Waals surface area contributed by atoms with E-state index in [4.69, 9.17) is 0 Å². The molecule has 0 amide bonds. The van der Waals surface area contributed by atoms with E-state index in [1.54, 1.807) is 12.1 Å². The third-order valence-corrected chi connectivity index (χ3v) is 2.78. The van der Waals surface area contributed by atoms with Gasteiger partial charge in [-0.1, -0.05) is 18.2 Å². The number of halogens is 2. The minimum absolute atomic E-state index is 0. The molecule has 0 saturated carbocycles. The number of guanidine groups is 1. The Morgan fingerprint density at radius 1 is 1.05 bits per heavy atom. The van der Waals surface area contributed by atoms with Crippen LogP contribution in [0.3, 0.4) is 0 Å². The fraction of sp³-hybridized carbons (Fsp3) is 0.0714. The number of anilines is 2. The van der Waals surface area contributed by atoms with Crippen molar-refractivity contribution in [2.45, 2.75) is 6.54 Å². The molecule has 2 aromatic carbocycles. The van der Waals surface area contributed by atoms with Gasteiger partial charge >= 0.3 is 0 Å². The highest BCUT2D eigenvalue weighted by Gasteiger charge is 2.10. The molecule has 2 N–H and O–H groups in total. The highest BCUT2D eigenvalue weighted by Crippen LogP contribution is 2.20. The molecule has 19 heavy (non-hydrogen) atoms. The minimum atomic E-state index is -0.246. The zero-order chi connectivity index (χ0) is 12.4. The molecule has 0 fully saturated rings. The largest absolute Gasteiger partial charge is 0.326 e. The Morgan fingerprint density at radius 3 is 2.58 bits per heavy atom. The van der Waals surface area contributed by atoms with Gasteiger partial charge < -0.3 is 10.6 Å². The van der Waals surface area contributed by atoms with Crippen LogP contribution in [0.25, 0.3) is 0 Å². The topological polar surface area (TPSA) is 36.4 Å². The molecule has 0 bridgehead atoms. The summed E-state index contributed by atoms with van der Waals surface area (Å²) in [5, 5.41) is 6.33. The van der Waals surface area contributed by atoms with Crippen LogP contribution in [0.5, 0.6) is 0 Å². The lowest BCUT2D eigenvalue weighted by molar-refractivity contribution is 0.628. The predicted octanol–water partition coefficient (Wildman–Crippen LogP) is 3.84. The molecule has 1 aliphatic heterocycles. The van der Waals surface area contributed by atoms with E-state index in [0.717, 1.165) is 11.4 Å². The lowest BCUT2D eigenvalue weighted by atomic mass is 10.1. The molecule has 0 atom stereocenters. The van der Waals surface area contributed by atoms with Gasteiger partial charge in [0.05, 0.1) is 6.54 Å². The third kappa shape index (κ3) is 3.23. The zero-order valence-electron chi connectivity index (χ0n) is 10.1. The molecule has 2 aromatic rings. The first-order chi connectivity index (χ1) is 8.81. The van der Waals surface area contributed by atoms with Gasteiger partial charge in [0.2, 0.25) is 5.96 Å². The number of nitrogens with one attached hydrogen (secondary N) is 2. The minimum Gasteiger partial charge on any atom is -0.326 e. The molecule has 0 aromatic heterocycles. The summed E-state index contributed by atoms with van der Waals surface area (Å²) < 4.78 is 12.8. The number of para-hydroxylation sites is 1. The highest BCUT2D eigenvalue weighted by molar-refractivity contribution is 14.0. The van der Waals surface area contributed by atoms with E-state index >= 15 is 0 Å². The molecular weight excluding hydrogens is 356 g/mol. The lowest BCUT2D eigenvalue weighted by Gasteiger charge is -2.19. The van der Waals surface area contributed by atoms with Crippen molar-refractivity contribution in [2.24, 2.45) is 4.99 Å². The van der Waals surface area contributed by atoms with Crippen LogP contribution in [-0.4, -0.2) is 5.96 Å². The average molecular weight is 369 g/mol. The van der Waals surface area contributed by atoms with Crippen molar-refractivity contribution >= 4 is 41.3 Å². The number of hydrogen-bond acceptors (Lipinski definition) is 3. The van der Waals surface area contributed by atoms with Crippen molar-refractivity contribution in [2.75, 3.05) is 10.6 Å². The predicted molar refractivity (Wildman–Crippen MR) is 86.6 cm³/mol. The first kappa shape index (κ1) is 13.8. The van der Waals surface area contributed by atoms with Gasteiger partial charge in [0.25, 0.3) is 0 Å². The van der Waals surface area contributed by atoms with Crippen LogP contribution in [-0.2, 0) is 6.54 Å². The molecule has 0 radical (unpaired) electrons. The van der Waals surface area contributed by atoms with Gasteiger partial charge in [0.1, 0.15) is 5.82 Å². The van der Waals surface area contributed by atoms with E-state index in [1.165, 1.54) is 17.7 Å². The Hall–Kier alpha value is -1.63. The maximum atomic E-state index is 12.8. The first-order valence-electron chi connectivity index (χ1n) is 5.73. The van der Waals surface area contributed by atoms with Gasteiger partial charge in [-0.25, -0.2) is 9.38 Å². The molecule has 3 nitrogen and oxygen atoms in total. The Balaban J connectivity index is 0.00000133. The normalized spacial score (nSPS) is 12.6.